The summed E-state index contributed by atoms with van der Waals surface area (Å²) in [6.45, 7) is 0. The Kier molecular flexibility index (Phi) is 17.1. The first-order valence-electron chi connectivity index (χ1n) is 40.0. The van der Waals surface area contributed by atoms with E-state index in [2.05, 4.69) is 312 Å². The molecule has 0 saturated heterocycles. The third-order valence-corrected chi connectivity index (χ3v) is 23.1. The zero-order valence-electron chi connectivity index (χ0n) is 64.0. The fraction of sp³-hybridized carbons (Fsp3) is 0. The molecule has 0 fully saturated rings. The molecule has 8 heteroatoms. The van der Waals surface area contributed by atoms with Crippen molar-refractivity contribution < 1.29 is 0 Å². The van der Waals surface area contributed by atoms with Crippen molar-refractivity contribution in [1.82, 2.24) is 39.0 Å². The molecule has 4 heterocycles. The molecule has 0 aliphatic carbocycles. The lowest BCUT2D eigenvalue weighted by molar-refractivity contribution is 1.07. The molecule has 0 atom stereocenters. The number of benzene rings is 19. The summed E-state index contributed by atoms with van der Waals surface area (Å²) in [4.78, 5) is 29.6. The van der Waals surface area contributed by atoms with Crippen molar-refractivity contribution in [2.24, 2.45) is 0 Å². The minimum Gasteiger partial charge on any atom is -0.309 e. The van der Waals surface area contributed by atoms with Crippen molar-refractivity contribution in [1.29, 1.82) is 0 Å². The molecule has 0 radical (unpaired) electrons. The van der Waals surface area contributed by atoms with E-state index in [0.29, 0.717) is 34.9 Å². The minimum absolute atomic E-state index is 0.638. The van der Waals surface area contributed by atoms with E-state index in [1.54, 1.807) is 0 Å². The number of hydrogen-bond donors (Lipinski definition) is 0. The van der Waals surface area contributed by atoms with Crippen LogP contribution in [0.15, 0.2) is 425 Å². The van der Waals surface area contributed by atoms with Crippen LogP contribution in [0.5, 0.6) is 0 Å². The zero-order valence-corrected chi connectivity index (χ0v) is 64.0. The molecule has 8 nitrogen and oxygen atoms in total. The zero-order chi connectivity index (χ0) is 78.0. The van der Waals surface area contributed by atoms with Gasteiger partial charge in [-0.15, -0.1) is 0 Å². The molecule has 19 aromatic carbocycles. The normalized spacial score (nSPS) is 11.6. The van der Waals surface area contributed by atoms with E-state index in [-0.39, 0.29) is 0 Å². The summed E-state index contributed by atoms with van der Waals surface area (Å²) < 4.78 is 4.75. The number of hydrogen-bond acceptors (Lipinski definition) is 6. The second kappa shape index (κ2) is 29.3. The largest absolute Gasteiger partial charge is 0.309 e. The first-order chi connectivity index (χ1) is 58.5. The quantitative estimate of drug-likeness (QED) is 0.121. The van der Waals surface area contributed by atoms with Crippen LogP contribution < -0.4 is 0 Å². The molecule has 0 bridgehead atoms. The molecule has 0 N–H and O–H groups in total. The van der Waals surface area contributed by atoms with Gasteiger partial charge >= 0.3 is 0 Å². The maximum Gasteiger partial charge on any atom is 0.164 e. The number of para-hydroxylation sites is 2. The Morgan fingerprint density at radius 2 is 0.449 bits per heavy atom. The third-order valence-electron chi connectivity index (χ3n) is 23.1. The van der Waals surface area contributed by atoms with Crippen LogP contribution in [0.4, 0.5) is 0 Å². The molecular formula is C110H70N8. The summed E-state index contributed by atoms with van der Waals surface area (Å²) in [7, 11) is 0. The van der Waals surface area contributed by atoms with E-state index in [1.807, 2.05) is 121 Å². The monoisotopic (exact) mass is 1500 g/mol. The van der Waals surface area contributed by atoms with Gasteiger partial charge in [-0.1, -0.05) is 328 Å². The van der Waals surface area contributed by atoms with Crippen molar-refractivity contribution in [2.45, 2.75) is 0 Å². The van der Waals surface area contributed by atoms with Crippen LogP contribution in [0.2, 0.25) is 0 Å². The second-order valence-electron chi connectivity index (χ2n) is 30.0. The summed E-state index contributed by atoms with van der Waals surface area (Å²) in [6.07, 6.45) is 0. The fourth-order valence-corrected chi connectivity index (χ4v) is 17.4. The van der Waals surface area contributed by atoms with Crippen molar-refractivity contribution in [3.63, 3.8) is 0 Å². The standard InChI is InChI=1S/C57H36N4.C53H34N4/c1-3-13-39(14-4-1)55-58-56(40-15-5-2-6-16-40)60-57(59-55)41-28-31-47(32-29-41)61-52-21-10-9-19-50(52)54-51-36-45(23-22-38(51)30-33-53(54)61)43-24-25-44-35-46(27-26-42(44)34-43)49-20-11-17-37-12-7-8-18-48(37)49;1-4-14-35(15-5-1)42-31-32-43(46-21-11-10-20-45(42)46)39-26-30-44-40(34-39)27-33-49-50(44)47-22-12-13-23-48(47)57(49)41-28-24-38(25-29-41)53-55-51(36-16-6-2-7-17-36)54-52(56-53)37-18-8-3-9-19-37/h1-36H;1-34H. The summed E-state index contributed by atoms with van der Waals surface area (Å²) in [5.74, 6) is 3.88. The molecule has 0 spiro atoms. The summed E-state index contributed by atoms with van der Waals surface area (Å²) in [6, 6.07) is 151. The number of fused-ring (bicyclic) bond motifs is 13. The van der Waals surface area contributed by atoms with E-state index in [9.17, 15) is 0 Å². The van der Waals surface area contributed by atoms with E-state index >= 15 is 0 Å². The van der Waals surface area contributed by atoms with Gasteiger partial charge in [-0.25, -0.2) is 29.9 Å². The molecule has 23 aromatic rings. The predicted octanol–water partition coefficient (Wildman–Crippen LogP) is 28.4. The fourth-order valence-electron chi connectivity index (χ4n) is 17.4. The lowest BCUT2D eigenvalue weighted by Gasteiger charge is -2.13. The highest BCUT2D eigenvalue weighted by Gasteiger charge is 2.22. The van der Waals surface area contributed by atoms with Gasteiger partial charge in [0.1, 0.15) is 0 Å². The van der Waals surface area contributed by atoms with Gasteiger partial charge < -0.3 is 9.13 Å². The van der Waals surface area contributed by atoms with Gasteiger partial charge in [0.05, 0.1) is 22.1 Å². The highest BCUT2D eigenvalue weighted by atomic mass is 15.0. The van der Waals surface area contributed by atoms with E-state index < -0.39 is 0 Å². The van der Waals surface area contributed by atoms with E-state index in [1.165, 1.54) is 125 Å². The Balaban J connectivity index is 0.000000143. The Morgan fingerprint density at radius 1 is 0.144 bits per heavy atom. The molecule has 118 heavy (non-hydrogen) atoms. The molecule has 0 aliphatic heterocycles. The van der Waals surface area contributed by atoms with Gasteiger partial charge in [-0.3, -0.25) is 0 Å². The molecule has 0 unspecified atom stereocenters. The Bertz CT molecular complexity index is 7700. The summed E-state index contributed by atoms with van der Waals surface area (Å²) >= 11 is 0. The van der Waals surface area contributed by atoms with Gasteiger partial charge in [-0.05, 0) is 195 Å². The van der Waals surface area contributed by atoms with Gasteiger partial charge in [0.15, 0.2) is 34.9 Å². The molecular weight excluding hydrogens is 1430 g/mol. The van der Waals surface area contributed by atoms with Crippen molar-refractivity contribution in [3.8, 4) is 124 Å². The first-order valence-corrected chi connectivity index (χ1v) is 40.0. The van der Waals surface area contributed by atoms with Gasteiger partial charge in [0, 0.05) is 66.3 Å². The first kappa shape index (κ1) is 68.9. The number of nitrogens with zero attached hydrogens (tertiary/aromatic N) is 8. The molecule has 0 saturated carbocycles. The van der Waals surface area contributed by atoms with Crippen LogP contribution in [-0.4, -0.2) is 39.0 Å². The van der Waals surface area contributed by atoms with Crippen LogP contribution in [0.25, 0.3) is 222 Å². The average Bonchev–Trinajstić information content (AvgIpc) is 1.57. The third kappa shape index (κ3) is 12.4. The molecule has 0 aliphatic rings. The molecule has 23 rings (SSSR count). The number of aromatic nitrogens is 8. The Labute approximate surface area is 680 Å². The van der Waals surface area contributed by atoms with Crippen LogP contribution in [0, 0.1) is 0 Å². The van der Waals surface area contributed by atoms with Crippen molar-refractivity contribution >= 4 is 97.5 Å². The maximum absolute atomic E-state index is 4.97. The van der Waals surface area contributed by atoms with Crippen LogP contribution in [0.1, 0.15) is 0 Å². The topological polar surface area (TPSA) is 87.2 Å². The predicted molar refractivity (Wildman–Crippen MR) is 490 cm³/mol. The number of rotatable bonds is 12. The van der Waals surface area contributed by atoms with Gasteiger partial charge in [0.25, 0.3) is 0 Å². The molecule has 0 amide bonds. The lowest BCUT2D eigenvalue weighted by atomic mass is 9.91. The second-order valence-corrected chi connectivity index (χ2v) is 30.0. The SMILES string of the molecule is c1ccc(-c2nc(-c3ccccc3)nc(-c3ccc(-n4c5ccccc5c5c6cc(-c7ccc8cc(-c9cccc%10ccccc9%10)ccc8c7)ccc6ccc54)cc3)n2)cc1.c1ccc(-c2nc(-c3ccccc3)nc(-c3ccc(-n4c5ccccc5c5c6ccc(-c7ccc(-c8ccccc8)c8ccccc78)cc6ccc54)cc3)n2)cc1. The van der Waals surface area contributed by atoms with Gasteiger partial charge in [0.2, 0.25) is 0 Å². The van der Waals surface area contributed by atoms with Crippen molar-refractivity contribution in [2.75, 3.05) is 0 Å². The smallest absolute Gasteiger partial charge is 0.164 e. The molecule has 550 valence electrons. The van der Waals surface area contributed by atoms with Gasteiger partial charge in [-0.2, -0.15) is 0 Å². The highest BCUT2D eigenvalue weighted by molar-refractivity contribution is 6.23. The minimum atomic E-state index is 0.638. The Hall–Kier alpha value is -15.9. The van der Waals surface area contributed by atoms with Crippen LogP contribution >= 0.6 is 0 Å². The maximum atomic E-state index is 4.97. The molecule has 4 aromatic heterocycles. The average molecular weight is 1500 g/mol. The van der Waals surface area contributed by atoms with E-state index in [0.717, 1.165) is 61.3 Å². The lowest BCUT2D eigenvalue weighted by Crippen LogP contribution is -2.00. The summed E-state index contributed by atoms with van der Waals surface area (Å²) in [5, 5.41) is 17.4. The van der Waals surface area contributed by atoms with Crippen LogP contribution in [0.3, 0.4) is 0 Å². The van der Waals surface area contributed by atoms with Crippen molar-refractivity contribution in [3.05, 3.63) is 425 Å². The summed E-state index contributed by atoms with van der Waals surface area (Å²) in [5.41, 5.74) is 22.3. The Morgan fingerprint density at radius 3 is 0.932 bits per heavy atom. The highest BCUT2D eigenvalue weighted by Crippen LogP contribution is 2.44. The van der Waals surface area contributed by atoms with E-state index in [4.69, 9.17) is 29.9 Å². The van der Waals surface area contributed by atoms with Crippen LogP contribution in [-0.2, 0) is 0 Å².